The summed E-state index contributed by atoms with van der Waals surface area (Å²) in [6, 6.07) is 39.5. The van der Waals surface area contributed by atoms with E-state index in [4.69, 9.17) is 11.6 Å². The Kier molecular flexibility index (Phi) is 11.6. The van der Waals surface area contributed by atoms with Gasteiger partial charge in [0.1, 0.15) is 17.2 Å². The quantitative estimate of drug-likeness (QED) is 0.146. The molecule has 6 aromatic heterocycles. The summed E-state index contributed by atoms with van der Waals surface area (Å²) < 4.78 is 18.0. The van der Waals surface area contributed by atoms with Gasteiger partial charge in [-0.15, -0.1) is 0 Å². The molecule has 2 N–H and O–H groups in total. The minimum atomic E-state index is -0.425. The predicted octanol–water partition coefficient (Wildman–Crippen LogP) is 11.0. The molecule has 0 aliphatic carbocycles. The van der Waals surface area contributed by atoms with Crippen LogP contribution in [0.25, 0.3) is 66.6 Å². The van der Waals surface area contributed by atoms with E-state index in [1.807, 2.05) is 105 Å². The first-order chi connectivity index (χ1) is 30.5. The SMILES string of the molecule is Cc1cc(-c2n[nH]c3ccc(-c4ccn(Cc5cc(F)cc(Cl)c5)c(=O)c4)cc23)ccn1.Cc1cc(-c2n[nH]c3ccc(-c4ccn(Cc5cccc(I)c5)c(=O)c4)cc23)ccn1. The molecule has 6 heterocycles. The number of rotatable bonds is 8. The normalized spacial score (nSPS) is 11.2. The van der Waals surface area contributed by atoms with Crippen molar-refractivity contribution in [2.45, 2.75) is 26.9 Å². The molecule has 0 fully saturated rings. The average molecular weight is 963 g/mol. The molecule has 0 amide bonds. The van der Waals surface area contributed by atoms with E-state index in [0.29, 0.717) is 17.1 Å². The second kappa shape index (κ2) is 17.8. The van der Waals surface area contributed by atoms with Gasteiger partial charge in [0.2, 0.25) is 0 Å². The highest BCUT2D eigenvalue weighted by Gasteiger charge is 2.13. The summed E-state index contributed by atoms with van der Waals surface area (Å²) in [5.74, 6) is -0.425. The molecule has 0 spiro atoms. The van der Waals surface area contributed by atoms with E-state index in [0.717, 1.165) is 87.1 Å². The van der Waals surface area contributed by atoms with Gasteiger partial charge in [0.05, 0.1) is 24.1 Å². The summed E-state index contributed by atoms with van der Waals surface area (Å²) >= 11 is 8.21. The second-order valence-electron chi connectivity index (χ2n) is 15.2. The lowest BCUT2D eigenvalue weighted by Gasteiger charge is -2.09. The van der Waals surface area contributed by atoms with Gasteiger partial charge in [0.15, 0.2) is 0 Å². The van der Waals surface area contributed by atoms with Gasteiger partial charge < -0.3 is 9.13 Å². The molecule has 13 heteroatoms. The lowest BCUT2D eigenvalue weighted by atomic mass is 10.0. The van der Waals surface area contributed by atoms with Crippen molar-refractivity contribution < 1.29 is 4.39 Å². The first kappa shape index (κ1) is 41.3. The van der Waals surface area contributed by atoms with Crippen LogP contribution in [-0.2, 0) is 13.1 Å². The molecule has 0 saturated heterocycles. The number of nitrogens with one attached hydrogen (secondary N) is 2. The highest BCUT2D eigenvalue weighted by molar-refractivity contribution is 14.1. The van der Waals surface area contributed by atoms with Crippen LogP contribution >= 0.6 is 34.2 Å². The van der Waals surface area contributed by atoms with Gasteiger partial charge in [-0.05, 0) is 161 Å². The molecule has 10 aromatic rings. The number of aromatic amines is 2. The smallest absolute Gasteiger partial charge is 0.251 e. The van der Waals surface area contributed by atoms with Crippen LogP contribution in [0.1, 0.15) is 22.5 Å². The van der Waals surface area contributed by atoms with Gasteiger partial charge in [0, 0.05) is 78.8 Å². The van der Waals surface area contributed by atoms with Crippen LogP contribution in [0.15, 0.2) is 162 Å². The number of fused-ring (bicyclic) bond motifs is 2. The molecule has 10 nitrogen and oxygen atoms in total. The van der Waals surface area contributed by atoms with Crippen LogP contribution < -0.4 is 11.1 Å². The Bertz CT molecular complexity index is 3430. The molecule has 310 valence electrons. The van der Waals surface area contributed by atoms with Crippen LogP contribution in [0.3, 0.4) is 0 Å². The predicted molar refractivity (Wildman–Crippen MR) is 256 cm³/mol. The maximum atomic E-state index is 13.6. The fourth-order valence-electron chi connectivity index (χ4n) is 7.58. The zero-order valence-corrected chi connectivity index (χ0v) is 36.9. The van der Waals surface area contributed by atoms with Gasteiger partial charge in [-0.2, -0.15) is 10.2 Å². The summed E-state index contributed by atoms with van der Waals surface area (Å²) in [7, 11) is 0. The van der Waals surface area contributed by atoms with Crippen molar-refractivity contribution in [1.29, 1.82) is 0 Å². The monoisotopic (exact) mass is 962 g/mol. The Morgan fingerprint density at radius 2 is 1.10 bits per heavy atom. The van der Waals surface area contributed by atoms with E-state index >= 15 is 0 Å². The highest BCUT2D eigenvalue weighted by Crippen LogP contribution is 2.32. The van der Waals surface area contributed by atoms with E-state index in [1.54, 1.807) is 41.4 Å². The third kappa shape index (κ3) is 9.27. The van der Waals surface area contributed by atoms with Crippen molar-refractivity contribution in [3.8, 4) is 44.8 Å². The fraction of sp³-hybridized carbons (Fsp3) is 0.0800. The van der Waals surface area contributed by atoms with E-state index in [9.17, 15) is 14.0 Å². The Morgan fingerprint density at radius 1 is 0.571 bits per heavy atom. The van der Waals surface area contributed by atoms with Gasteiger partial charge in [-0.25, -0.2) is 4.39 Å². The fourth-order valence-corrected chi connectivity index (χ4v) is 8.43. The van der Waals surface area contributed by atoms with Crippen molar-refractivity contribution in [2.75, 3.05) is 0 Å². The molecular formula is C50H37ClFIN8O2. The average Bonchev–Trinajstić information content (AvgIpc) is 3.89. The minimum Gasteiger partial charge on any atom is -0.311 e. The van der Waals surface area contributed by atoms with Crippen LogP contribution in [0.2, 0.25) is 5.02 Å². The Balaban J connectivity index is 0.000000160. The number of halogens is 3. The van der Waals surface area contributed by atoms with Crippen molar-refractivity contribution in [1.82, 2.24) is 39.5 Å². The maximum Gasteiger partial charge on any atom is 0.251 e. The molecule has 0 saturated carbocycles. The first-order valence-corrected chi connectivity index (χ1v) is 21.4. The third-order valence-corrected chi connectivity index (χ3v) is 11.5. The molecule has 10 rings (SSSR count). The number of nitrogens with zero attached hydrogens (tertiary/aromatic N) is 6. The van der Waals surface area contributed by atoms with Crippen molar-refractivity contribution in [3.63, 3.8) is 0 Å². The summed E-state index contributed by atoms with van der Waals surface area (Å²) in [6.45, 7) is 4.71. The standard InChI is InChI=1S/C25H18ClFN4O.C25H19IN4O/c1-15-8-19(4-6-28-15)25-22-11-17(2-3-23(22)29-30-25)18-5-7-31(24(32)12-18)14-16-9-20(26)13-21(27)10-16;1-16-11-20(7-9-27-16)25-22-13-18(5-6-23(22)28-29-25)19-8-10-30(24(31)14-19)15-17-3-2-4-21(26)12-17/h2-13H,14H2,1H3,(H,29,30);2-14H,15H2,1H3,(H,28,29). The van der Waals surface area contributed by atoms with Gasteiger partial charge in [-0.3, -0.25) is 29.8 Å². The molecule has 0 bridgehead atoms. The van der Waals surface area contributed by atoms with Crippen molar-refractivity contribution >= 4 is 56.0 Å². The van der Waals surface area contributed by atoms with Gasteiger partial charge in [0.25, 0.3) is 11.1 Å². The van der Waals surface area contributed by atoms with Crippen molar-refractivity contribution in [3.05, 3.63) is 210 Å². The summed E-state index contributed by atoms with van der Waals surface area (Å²) in [6.07, 6.45) is 7.14. The zero-order chi connectivity index (χ0) is 43.6. The van der Waals surface area contributed by atoms with E-state index in [1.165, 1.54) is 16.7 Å². The maximum absolute atomic E-state index is 13.6. The Hall–Kier alpha value is -7.03. The molecule has 0 aliphatic heterocycles. The molecule has 0 unspecified atom stereocenters. The first-order valence-electron chi connectivity index (χ1n) is 20.0. The topological polar surface area (TPSA) is 127 Å². The number of hydrogen-bond donors (Lipinski definition) is 2. The lowest BCUT2D eigenvalue weighted by molar-refractivity contribution is 0.623. The number of benzene rings is 4. The third-order valence-electron chi connectivity index (χ3n) is 10.6. The summed E-state index contributed by atoms with van der Waals surface area (Å²) in [4.78, 5) is 34.0. The van der Waals surface area contributed by atoms with Gasteiger partial charge >= 0.3 is 0 Å². The Labute approximate surface area is 379 Å². The van der Waals surface area contributed by atoms with E-state index in [-0.39, 0.29) is 17.7 Å². The number of H-pyrrole nitrogens is 2. The zero-order valence-electron chi connectivity index (χ0n) is 34.0. The minimum absolute atomic E-state index is 0.0198. The van der Waals surface area contributed by atoms with E-state index in [2.05, 4.69) is 65.1 Å². The largest absolute Gasteiger partial charge is 0.311 e. The number of aryl methyl sites for hydroxylation is 2. The molecule has 0 radical (unpaired) electrons. The van der Waals surface area contributed by atoms with E-state index < -0.39 is 5.82 Å². The van der Waals surface area contributed by atoms with Gasteiger partial charge in [-0.1, -0.05) is 35.9 Å². The molecule has 4 aromatic carbocycles. The second-order valence-corrected chi connectivity index (χ2v) is 16.9. The molecule has 63 heavy (non-hydrogen) atoms. The van der Waals surface area contributed by atoms with Crippen LogP contribution in [0, 0.1) is 23.2 Å². The number of aromatic nitrogens is 8. The number of hydrogen-bond acceptors (Lipinski definition) is 6. The van der Waals surface area contributed by atoms with Crippen LogP contribution in [0.5, 0.6) is 0 Å². The van der Waals surface area contributed by atoms with Crippen LogP contribution in [-0.4, -0.2) is 39.5 Å². The number of pyridine rings is 4. The highest BCUT2D eigenvalue weighted by atomic mass is 127. The summed E-state index contributed by atoms with van der Waals surface area (Å²) in [5, 5.41) is 17.4. The van der Waals surface area contributed by atoms with Crippen LogP contribution in [0.4, 0.5) is 4.39 Å². The Morgan fingerprint density at radius 3 is 1.59 bits per heavy atom. The summed E-state index contributed by atoms with van der Waals surface area (Å²) in [5.41, 5.74) is 12.6. The molecule has 0 aliphatic rings. The molecule has 0 atom stereocenters. The molecular weight excluding hydrogens is 926 g/mol. The lowest BCUT2D eigenvalue weighted by Crippen LogP contribution is -2.19. The van der Waals surface area contributed by atoms with Crippen molar-refractivity contribution in [2.24, 2.45) is 0 Å².